The zero-order chi connectivity index (χ0) is 22.1. The molecule has 0 aliphatic rings. The lowest BCUT2D eigenvalue weighted by Crippen LogP contribution is -2.16. The van der Waals surface area contributed by atoms with Gasteiger partial charge in [-0.25, -0.2) is 0 Å². The number of benzene rings is 1. The molecule has 10 heteroatoms. The van der Waals surface area contributed by atoms with Crippen LogP contribution in [0, 0.1) is 24.3 Å². The quantitative estimate of drug-likeness (QED) is 0.469. The number of nitrogens with one attached hydrogen (secondary N) is 1. The Morgan fingerprint density at radius 2 is 1.90 bits per heavy atom. The van der Waals surface area contributed by atoms with Crippen molar-refractivity contribution in [1.29, 1.82) is 0 Å². The van der Waals surface area contributed by atoms with Gasteiger partial charge in [0.05, 0.1) is 38.4 Å². The minimum Gasteiger partial charge on any atom is -0.323 e. The van der Waals surface area contributed by atoms with Crippen LogP contribution in [0.15, 0.2) is 30.5 Å². The molecule has 0 fully saturated rings. The molecule has 0 atom stereocenters. The standard InChI is InChI=1S/C20H21F3IN5O/c1-12-17(24)11-28(26-12)8-7-18(30)25-19-13(2)27-29(14(19)3)10-15-5-4-6-16(9-15)20(21,22)23/h4-6,9,11H,7-8,10H2,1-3H3,(H,25,30). The summed E-state index contributed by atoms with van der Waals surface area (Å²) in [5.41, 5.74) is 2.58. The molecule has 0 aliphatic heterocycles. The van der Waals surface area contributed by atoms with E-state index in [1.54, 1.807) is 29.3 Å². The summed E-state index contributed by atoms with van der Waals surface area (Å²) in [7, 11) is 0. The molecule has 2 heterocycles. The van der Waals surface area contributed by atoms with Gasteiger partial charge in [0.25, 0.3) is 0 Å². The lowest BCUT2D eigenvalue weighted by atomic mass is 10.1. The second kappa shape index (κ2) is 8.78. The predicted molar refractivity (Wildman–Crippen MR) is 115 cm³/mol. The van der Waals surface area contributed by atoms with Gasteiger partial charge >= 0.3 is 6.18 Å². The van der Waals surface area contributed by atoms with Crippen molar-refractivity contribution in [3.05, 3.63) is 62.2 Å². The van der Waals surface area contributed by atoms with Crippen LogP contribution >= 0.6 is 22.6 Å². The second-order valence-electron chi connectivity index (χ2n) is 7.03. The van der Waals surface area contributed by atoms with Gasteiger partial charge in [-0.1, -0.05) is 12.1 Å². The number of amides is 1. The first-order valence-corrected chi connectivity index (χ1v) is 10.3. The molecular weight excluding hydrogens is 510 g/mol. The summed E-state index contributed by atoms with van der Waals surface area (Å²) in [6.45, 7) is 6.07. The van der Waals surface area contributed by atoms with Crippen LogP contribution in [-0.4, -0.2) is 25.5 Å². The van der Waals surface area contributed by atoms with Crippen molar-refractivity contribution in [2.75, 3.05) is 5.32 Å². The fourth-order valence-electron chi connectivity index (χ4n) is 3.08. The molecule has 2 aromatic heterocycles. The van der Waals surface area contributed by atoms with Gasteiger partial charge in [-0.15, -0.1) is 0 Å². The van der Waals surface area contributed by atoms with Crippen LogP contribution < -0.4 is 5.32 Å². The van der Waals surface area contributed by atoms with E-state index in [2.05, 4.69) is 38.1 Å². The number of halogens is 4. The van der Waals surface area contributed by atoms with Crippen LogP contribution in [0.2, 0.25) is 0 Å². The van der Waals surface area contributed by atoms with Crippen LogP contribution in [0.5, 0.6) is 0 Å². The Labute approximate surface area is 185 Å². The molecular formula is C20H21F3IN5O. The fourth-order valence-corrected chi connectivity index (χ4v) is 3.51. The number of hydrogen-bond donors (Lipinski definition) is 1. The SMILES string of the molecule is Cc1nn(CCC(=O)Nc2c(C)nn(Cc3cccc(C(F)(F)F)c3)c2C)cc1I. The molecule has 1 aromatic carbocycles. The summed E-state index contributed by atoms with van der Waals surface area (Å²) in [5, 5.41) is 11.6. The smallest absolute Gasteiger partial charge is 0.323 e. The zero-order valence-corrected chi connectivity index (χ0v) is 18.9. The molecule has 6 nitrogen and oxygen atoms in total. The third-order valence-electron chi connectivity index (χ3n) is 4.69. The van der Waals surface area contributed by atoms with E-state index in [9.17, 15) is 18.0 Å². The average molecular weight is 531 g/mol. The summed E-state index contributed by atoms with van der Waals surface area (Å²) >= 11 is 2.19. The van der Waals surface area contributed by atoms with Gasteiger partial charge in [0.2, 0.25) is 5.91 Å². The number of anilines is 1. The molecule has 0 spiro atoms. The molecule has 0 unspecified atom stereocenters. The molecule has 0 saturated heterocycles. The van der Waals surface area contributed by atoms with E-state index in [0.29, 0.717) is 29.2 Å². The highest BCUT2D eigenvalue weighted by atomic mass is 127. The Balaban J connectivity index is 1.68. The first-order chi connectivity index (χ1) is 14.0. The number of carbonyl (C=O) groups is 1. The van der Waals surface area contributed by atoms with Gasteiger partial charge in [0.1, 0.15) is 0 Å². The Bertz CT molecular complexity index is 1050. The lowest BCUT2D eigenvalue weighted by molar-refractivity contribution is -0.137. The first kappa shape index (κ1) is 22.3. The highest BCUT2D eigenvalue weighted by Crippen LogP contribution is 2.30. The molecule has 0 bridgehead atoms. The van der Waals surface area contributed by atoms with Crippen LogP contribution in [0.4, 0.5) is 18.9 Å². The molecule has 0 saturated carbocycles. The Hall–Kier alpha value is -2.37. The van der Waals surface area contributed by atoms with Crippen molar-refractivity contribution < 1.29 is 18.0 Å². The molecule has 0 aliphatic carbocycles. The molecule has 3 rings (SSSR count). The summed E-state index contributed by atoms with van der Waals surface area (Å²) in [5.74, 6) is -0.178. The third kappa shape index (κ3) is 5.21. The van der Waals surface area contributed by atoms with E-state index in [-0.39, 0.29) is 18.9 Å². The van der Waals surface area contributed by atoms with Crippen molar-refractivity contribution in [2.24, 2.45) is 0 Å². The maximum absolute atomic E-state index is 12.9. The van der Waals surface area contributed by atoms with Gasteiger partial charge < -0.3 is 5.32 Å². The van der Waals surface area contributed by atoms with E-state index < -0.39 is 11.7 Å². The molecule has 3 aromatic rings. The maximum atomic E-state index is 12.9. The first-order valence-electron chi connectivity index (χ1n) is 9.24. The average Bonchev–Trinajstić information content (AvgIpc) is 3.12. The summed E-state index contributed by atoms with van der Waals surface area (Å²) in [6, 6.07) is 5.16. The van der Waals surface area contributed by atoms with E-state index in [1.165, 1.54) is 6.07 Å². The van der Waals surface area contributed by atoms with Crippen LogP contribution in [0.3, 0.4) is 0 Å². The minimum absolute atomic E-state index is 0.178. The Kier molecular flexibility index (Phi) is 6.53. The topological polar surface area (TPSA) is 64.7 Å². The van der Waals surface area contributed by atoms with Gasteiger partial charge in [0, 0.05) is 19.2 Å². The summed E-state index contributed by atoms with van der Waals surface area (Å²) in [4.78, 5) is 12.4. The Morgan fingerprint density at radius 1 is 1.17 bits per heavy atom. The van der Waals surface area contributed by atoms with Crippen LogP contribution in [-0.2, 0) is 24.1 Å². The largest absolute Gasteiger partial charge is 0.416 e. The van der Waals surface area contributed by atoms with Crippen molar-refractivity contribution in [1.82, 2.24) is 19.6 Å². The fraction of sp³-hybridized carbons (Fsp3) is 0.350. The maximum Gasteiger partial charge on any atom is 0.416 e. The monoisotopic (exact) mass is 531 g/mol. The number of alkyl halides is 3. The predicted octanol–water partition coefficient (Wildman–Crippen LogP) is 4.71. The minimum atomic E-state index is -4.39. The highest BCUT2D eigenvalue weighted by molar-refractivity contribution is 14.1. The molecule has 1 amide bonds. The summed E-state index contributed by atoms with van der Waals surface area (Å²) < 4.78 is 43.2. The molecule has 30 heavy (non-hydrogen) atoms. The van der Waals surface area contributed by atoms with Crippen LogP contribution in [0.1, 0.15) is 34.6 Å². The number of aromatic nitrogens is 4. The van der Waals surface area contributed by atoms with E-state index in [0.717, 1.165) is 21.4 Å². The molecule has 0 radical (unpaired) electrons. The van der Waals surface area contributed by atoms with E-state index >= 15 is 0 Å². The number of hydrogen-bond acceptors (Lipinski definition) is 3. The van der Waals surface area contributed by atoms with Gasteiger partial charge in [-0.3, -0.25) is 14.2 Å². The van der Waals surface area contributed by atoms with E-state index in [4.69, 9.17) is 0 Å². The van der Waals surface area contributed by atoms with Crippen LogP contribution in [0.25, 0.3) is 0 Å². The highest BCUT2D eigenvalue weighted by Gasteiger charge is 2.30. The zero-order valence-electron chi connectivity index (χ0n) is 16.7. The lowest BCUT2D eigenvalue weighted by Gasteiger charge is -2.10. The van der Waals surface area contributed by atoms with Crippen molar-refractivity contribution in [2.45, 2.75) is 46.5 Å². The number of rotatable bonds is 6. The van der Waals surface area contributed by atoms with E-state index in [1.807, 2.05) is 13.1 Å². The molecule has 160 valence electrons. The number of carbonyl (C=O) groups excluding carboxylic acids is 1. The van der Waals surface area contributed by atoms with Crippen molar-refractivity contribution >= 4 is 34.2 Å². The van der Waals surface area contributed by atoms with Crippen molar-refractivity contribution in [3.63, 3.8) is 0 Å². The Morgan fingerprint density at radius 3 is 2.53 bits per heavy atom. The van der Waals surface area contributed by atoms with Crippen molar-refractivity contribution in [3.8, 4) is 0 Å². The molecule has 1 N–H and O–H groups in total. The number of aryl methyl sites for hydroxylation is 3. The summed E-state index contributed by atoms with van der Waals surface area (Å²) in [6.07, 6.45) is -2.27. The normalized spacial score (nSPS) is 11.7. The van der Waals surface area contributed by atoms with Gasteiger partial charge in [-0.05, 0) is 61.1 Å². The second-order valence-corrected chi connectivity index (χ2v) is 8.19. The van der Waals surface area contributed by atoms with Gasteiger partial charge in [0.15, 0.2) is 0 Å². The van der Waals surface area contributed by atoms with Gasteiger partial charge in [-0.2, -0.15) is 23.4 Å². The number of nitrogens with zero attached hydrogens (tertiary/aromatic N) is 4. The third-order valence-corrected chi connectivity index (χ3v) is 5.75.